The molecule has 0 saturated heterocycles. The maximum Gasteiger partial charge on any atom is 0.329 e. The van der Waals surface area contributed by atoms with Crippen molar-refractivity contribution in [2.24, 2.45) is 0 Å². The lowest BCUT2D eigenvalue weighted by Gasteiger charge is -2.14. The van der Waals surface area contributed by atoms with Crippen molar-refractivity contribution in [3.8, 4) is 11.8 Å². The summed E-state index contributed by atoms with van der Waals surface area (Å²) >= 11 is 0. The monoisotopic (exact) mass is 310 g/mol. The lowest BCUT2D eigenvalue weighted by molar-refractivity contribution is 0.685. The fraction of sp³-hybridized carbons (Fsp3) is 0.368. The van der Waals surface area contributed by atoms with Crippen molar-refractivity contribution in [2.75, 3.05) is 0 Å². The number of nitrogens with one attached hydrogen (secondary N) is 1. The molecule has 1 heterocycles. The highest BCUT2D eigenvalue weighted by molar-refractivity contribution is 5.33. The van der Waals surface area contributed by atoms with E-state index in [1.165, 1.54) is 11.1 Å². The smallest absolute Gasteiger partial charge is 0.285 e. The molecular formula is C19H22N2O2. The molecule has 2 rings (SSSR count). The topological polar surface area (TPSA) is 54.9 Å². The first kappa shape index (κ1) is 16.8. The Hall–Kier alpha value is -2.54. The van der Waals surface area contributed by atoms with Gasteiger partial charge in [0.05, 0.1) is 6.54 Å². The molecule has 1 aromatic heterocycles. The summed E-state index contributed by atoms with van der Waals surface area (Å²) in [6.45, 7) is 8.05. The van der Waals surface area contributed by atoms with E-state index in [9.17, 15) is 9.59 Å². The summed E-state index contributed by atoms with van der Waals surface area (Å²) in [5.41, 5.74) is 4.17. The molecule has 0 bridgehead atoms. The third kappa shape index (κ3) is 3.81. The average molecular weight is 310 g/mol. The van der Waals surface area contributed by atoms with Gasteiger partial charge in [-0.25, -0.2) is 4.79 Å². The van der Waals surface area contributed by atoms with Crippen molar-refractivity contribution >= 4 is 0 Å². The molecule has 0 saturated carbocycles. The van der Waals surface area contributed by atoms with Crippen LogP contribution in [0.2, 0.25) is 0 Å². The summed E-state index contributed by atoms with van der Waals surface area (Å²) < 4.78 is 1.58. The van der Waals surface area contributed by atoms with Gasteiger partial charge in [-0.15, -0.1) is 5.92 Å². The van der Waals surface area contributed by atoms with Gasteiger partial charge in [0.1, 0.15) is 0 Å². The second-order valence-corrected chi connectivity index (χ2v) is 5.72. The number of hydrogen-bond acceptors (Lipinski definition) is 2. The van der Waals surface area contributed by atoms with E-state index in [2.05, 4.69) is 35.0 Å². The summed E-state index contributed by atoms with van der Waals surface area (Å²) in [4.78, 5) is 26.7. The van der Waals surface area contributed by atoms with Crippen LogP contribution in [0.4, 0.5) is 0 Å². The molecule has 1 aromatic carbocycles. The van der Waals surface area contributed by atoms with Gasteiger partial charge >= 0.3 is 5.69 Å². The largest absolute Gasteiger partial charge is 0.329 e. The van der Waals surface area contributed by atoms with Gasteiger partial charge in [-0.05, 0) is 32.8 Å². The fourth-order valence-corrected chi connectivity index (χ4v) is 2.91. The Morgan fingerprint density at radius 1 is 1.13 bits per heavy atom. The zero-order valence-corrected chi connectivity index (χ0v) is 14.1. The molecule has 0 fully saturated rings. The van der Waals surface area contributed by atoms with E-state index in [0.29, 0.717) is 24.9 Å². The minimum absolute atomic E-state index is 0.291. The van der Waals surface area contributed by atoms with Gasteiger partial charge in [0.15, 0.2) is 0 Å². The van der Waals surface area contributed by atoms with E-state index < -0.39 is 5.69 Å². The zero-order valence-electron chi connectivity index (χ0n) is 14.1. The number of hydrogen-bond donors (Lipinski definition) is 1. The molecule has 0 radical (unpaired) electrons. The number of aryl methyl sites for hydroxylation is 2. The molecule has 0 unspecified atom stereocenters. The first-order chi connectivity index (χ1) is 11.0. The summed E-state index contributed by atoms with van der Waals surface area (Å²) in [5.74, 6) is 5.72. The van der Waals surface area contributed by atoms with E-state index in [1.807, 2.05) is 20.8 Å². The molecule has 23 heavy (non-hydrogen) atoms. The third-order valence-corrected chi connectivity index (χ3v) is 3.83. The Balaban J connectivity index is 2.63. The highest BCUT2D eigenvalue weighted by atomic mass is 16.2. The Labute approximate surface area is 136 Å². The molecule has 0 aliphatic carbocycles. The normalized spacial score (nSPS) is 10.3. The summed E-state index contributed by atoms with van der Waals surface area (Å²) in [5, 5.41) is 0. The van der Waals surface area contributed by atoms with Crippen LogP contribution in [0, 0.1) is 25.7 Å². The maximum atomic E-state index is 12.2. The highest BCUT2D eigenvalue weighted by Crippen LogP contribution is 2.15. The van der Waals surface area contributed by atoms with Crippen molar-refractivity contribution in [2.45, 2.75) is 47.1 Å². The van der Waals surface area contributed by atoms with Crippen LogP contribution in [0.15, 0.2) is 27.8 Å². The van der Waals surface area contributed by atoms with Crippen LogP contribution in [-0.2, 0) is 19.4 Å². The molecule has 1 N–H and O–H groups in total. The number of rotatable bonds is 4. The van der Waals surface area contributed by atoms with E-state index in [-0.39, 0.29) is 5.56 Å². The van der Waals surface area contributed by atoms with Crippen LogP contribution in [-0.4, -0.2) is 9.55 Å². The lowest BCUT2D eigenvalue weighted by atomic mass is 10.0. The number of benzene rings is 1. The van der Waals surface area contributed by atoms with Crippen molar-refractivity contribution in [1.29, 1.82) is 0 Å². The summed E-state index contributed by atoms with van der Waals surface area (Å²) in [7, 11) is 0. The van der Waals surface area contributed by atoms with Crippen molar-refractivity contribution in [3.05, 3.63) is 67.0 Å². The molecule has 0 aliphatic rings. The average Bonchev–Trinajstić information content (AvgIpc) is 2.46. The van der Waals surface area contributed by atoms with E-state index >= 15 is 0 Å². The Morgan fingerprint density at radius 3 is 2.35 bits per heavy atom. The lowest BCUT2D eigenvalue weighted by Crippen LogP contribution is -2.35. The summed E-state index contributed by atoms with van der Waals surface area (Å²) in [6.07, 6.45) is 1.13. The fourth-order valence-electron chi connectivity index (χ4n) is 2.91. The van der Waals surface area contributed by atoms with Gasteiger partial charge in [-0.3, -0.25) is 14.3 Å². The van der Waals surface area contributed by atoms with Gasteiger partial charge in [-0.1, -0.05) is 42.2 Å². The molecule has 0 spiro atoms. The Bertz CT molecular complexity index is 872. The van der Waals surface area contributed by atoms with Gasteiger partial charge < -0.3 is 0 Å². The minimum atomic E-state index is -0.394. The van der Waals surface area contributed by atoms with E-state index in [1.54, 1.807) is 11.5 Å². The van der Waals surface area contributed by atoms with Crippen LogP contribution < -0.4 is 11.2 Å². The molecule has 0 aliphatic heterocycles. The van der Waals surface area contributed by atoms with E-state index in [0.717, 1.165) is 11.3 Å². The molecule has 120 valence electrons. The van der Waals surface area contributed by atoms with Crippen LogP contribution in [0.25, 0.3) is 0 Å². The molecule has 4 nitrogen and oxygen atoms in total. The quantitative estimate of drug-likeness (QED) is 0.881. The van der Waals surface area contributed by atoms with Crippen molar-refractivity contribution in [1.82, 2.24) is 9.55 Å². The Kier molecular flexibility index (Phi) is 5.23. The SMILES string of the molecule is CC#CCn1c(Cc2cc(C)cc(C)c2)c(CC)c(=O)[nH]c1=O. The van der Waals surface area contributed by atoms with Gasteiger partial charge in [0, 0.05) is 17.7 Å². The van der Waals surface area contributed by atoms with Gasteiger partial charge in [0.25, 0.3) is 5.56 Å². The first-order valence-electron chi connectivity index (χ1n) is 7.78. The predicted octanol–water partition coefficient (Wildman–Crippen LogP) is 2.33. The second kappa shape index (κ2) is 7.15. The van der Waals surface area contributed by atoms with E-state index in [4.69, 9.17) is 0 Å². The van der Waals surface area contributed by atoms with Gasteiger partial charge in [-0.2, -0.15) is 0 Å². The maximum absolute atomic E-state index is 12.2. The molecule has 0 atom stereocenters. The minimum Gasteiger partial charge on any atom is -0.285 e. The van der Waals surface area contributed by atoms with Crippen molar-refractivity contribution in [3.63, 3.8) is 0 Å². The van der Waals surface area contributed by atoms with Crippen LogP contribution >= 0.6 is 0 Å². The number of aromatic nitrogens is 2. The first-order valence-corrected chi connectivity index (χ1v) is 7.78. The molecule has 0 amide bonds. The van der Waals surface area contributed by atoms with Crippen LogP contribution in [0.3, 0.4) is 0 Å². The predicted molar refractivity (Wildman–Crippen MR) is 92.9 cm³/mol. The van der Waals surface area contributed by atoms with Gasteiger partial charge in [0.2, 0.25) is 0 Å². The van der Waals surface area contributed by atoms with Crippen molar-refractivity contribution < 1.29 is 0 Å². The Morgan fingerprint density at radius 2 is 1.78 bits per heavy atom. The van der Waals surface area contributed by atoms with Crippen LogP contribution in [0.1, 0.15) is 41.8 Å². The van der Waals surface area contributed by atoms with Crippen LogP contribution in [0.5, 0.6) is 0 Å². The third-order valence-electron chi connectivity index (χ3n) is 3.83. The highest BCUT2D eigenvalue weighted by Gasteiger charge is 2.14. The molecular weight excluding hydrogens is 288 g/mol. The number of nitrogens with zero attached hydrogens (tertiary/aromatic N) is 1. The second-order valence-electron chi connectivity index (χ2n) is 5.72. The standard InChI is InChI=1S/C19H22N2O2/c1-5-7-8-21-17(16(6-2)18(22)20-19(21)23)12-15-10-13(3)9-14(4)11-15/h9-11H,6,8,12H2,1-4H3,(H,20,22,23). The molecule has 4 heteroatoms. The molecule has 2 aromatic rings. The summed E-state index contributed by atoms with van der Waals surface area (Å²) in [6, 6.07) is 6.29. The zero-order chi connectivity index (χ0) is 17.0. The number of H-pyrrole nitrogens is 1. The number of aromatic amines is 1.